The number of piperidine rings is 1. The van der Waals surface area contributed by atoms with E-state index in [1.54, 1.807) is 6.92 Å². The van der Waals surface area contributed by atoms with E-state index < -0.39 is 16.3 Å². The highest BCUT2D eigenvalue weighted by atomic mass is 32.2. The highest BCUT2D eigenvalue weighted by Crippen LogP contribution is 2.11. The summed E-state index contributed by atoms with van der Waals surface area (Å²) in [4.78, 5) is 0. The maximum Gasteiger partial charge on any atom is 0.279 e. The van der Waals surface area contributed by atoms with Crippen molar-refractivity contribution in [2.24, 2.45) is 0 Å². The lowest BCUT2D eigenvalue weighted by atomic mass is 10.2. The molecule has 1 heterocycles. The van der Waals surface area contributed by atoms with Crippen LogP contribution < -0.4 is 4.72 Å². The van der Waals surface area contributed by atoms with Gasteiger partial charge in [-0.25, -0.2) is 0 Å². The average molecular weight is 222 g/mol. The monoisotopic (exact) mass is 222 g/mol. The molecule has 0 unspecified atom stereocenters. The summed E-state index contributed by atoms with van der Waals surface area (Å²) in [5.74, 6) is 0. The summed E-state index contributed by atoms with van der Waals surface area (Å²) in [7, 11) is -3.37. The molecule has 1 atom stereocenters. The van der Waals surface area contributed by atoms with Crippen molar-refractivity contribution in [1.29, 1.82) is 0 Å². The Hall–Kier alpha value is -0.170. The van der Waals surface area contributed by atoms with Crippen LogP contribution in [0, 0.1) is 0 Å². The molecule has 0 bridgehead atoms. The Morgan fingerprint density at radius 2 is 1.93 bits per heavy atom. The van der Waals surface area contributed by atoms with Gasteiger partial charge in [0.15, 0.2) is 0 Å². The van der Waals surface area contributed by atoms with Crippen molar-refractivity contribution in [3.63, 3.8) is 0 Å². The third-order valence-electron chi connectivity index (χ3n) is 2.28. The molecule has 0 radical (unpaired) electrons. The fourth-order valence-electron chi connectivity index (χ4n) is 1.47. The fraction of sp³-hybridized carbons (Fsp3) is 1.00. The van der Waals surface area contributed by atoms with Crippen molar-refractivity contribution in [3.8, 4) is 0 Å². The maximum atomic E-state index is 11.7. The zero-order valence-corrected chi connectivity index (χ0v) is 9.26. The van der Waals surface area contributed by atoms with Crippen molar-refractivity contribution in [1.82, 2.24) is 9.03 Å². The second-order valence-electron chi connectivity index (χ2n) is 3.67. The molecule has 0 spiro atoms. The van der Waals surface area contributed by atoms with Gasteiger partial charge in [0.05, 0.1) is 6.61 Å². The number of aliphatic hydroxyl groups is 1. The first kappa shape index (κ1) is 11.9. The average Bonchev–Trinajstić information content (AvgIpc) is 2.18. The Morgan fingerprint density at radius 3 is 2.43 bits per heavy atom. The molecule has 1 rings (SSSR count). The van der Waals surface area contributed by atoms with Crippen LogP contribution in [-0.4, -0.2) is 43.6 Å². The molecular formula is C8H18N2O3S. The van der Waals surface area contributed by atoms with Crippen molar-refractivity contribution in [3.05, 3.63) is 0 Å². The molecule has 1 aliphatic heterocycles. The molecule has 1 aliphatic rings. The molecule has 14 heavy (non-hydrogen) atoms. The number of aliphatic hydroxyl groups excluding tert-OH is 1. The maximum absolute atomic E-state index is 11.7. The summed E-state index contributed by atoms with van der Waals surface area (Å²) in [6, 6.07) is -0.415. The molecule has 2 N–H and O–H groups in total. The number of nitrogens with one attached hydrogen (secondary N) is 1. The Labute approximate surface area is 85.3 Å². The van der Waals surface area contributed by atoms with Crippen molar-refractivity contribution < 1.29 is 13.5 Å². The number of hydrogen-bond acceptors (Lipinski definition) is 3. The van der Waals surface area contributed by atoms with Crippen LogP contribution in [0.2, 0.25) is 0 Å². The normalized spacial score (nSPS) is 22.1. The lowest BCUT2D eigenvalue weighted by Crippen LogP contribution is -2.47. The van der Waals surface area contributed by atoms with E-state index >= 15 is 0 Å². The zero-order chi connectivity index (χ0) is 10.6. The van der Waals surface area contributed by atoms with E-state index in [1.165, 1.54) is 4.31 Å². The van der Waals surface area contributed by atoms with Gasteiger partial charge in [-0.2, -0.15) is 17.4 Å². The van der Waals surface area contributed by atoms with Crippen LogP contribution in [0.15, 0.2) is 0 Å². The summed E-state index contributed by atoms with van der Waals surface area (Å²) < 4.78 is 27.2. The van der Waals surface area contributed by atoms with Gasteiger partial charge in [-0.3, -0.25) is 0 Å². The van der Waals surface area contributed by atoms with E-state index in [0.717, 1.165) is 19.3 Å². The number of nitrogens with zero attached hydrogens (tertiary/aromatic N) is 1. The molecule has 0 aromatic rings. The topological polar surface area (TPSA) is 69.6 Å². The Morgan fingerprint density at radius 1 is 1.36 bits per heavy atom. The first-order valence-electron chi connectivity index (χ1n) is 4.94. The van der Waals surface area contributed by atoms with E-state index in [-0.39, 0.29) is 6.61 Å². The van der Waals surface area contributed by atoms with Gasteiger partial charge in [-0.1, -0.05) is 6.42 Å². The van der Waals surface area contributed by atoms with Crippen LogP contribution in [0.4, 0.5) is 0 Å². The van der Waals surface area contributed by atoms with E-state index in [2.05, 4.69) is 4.72 Å². The first-order valence-corrected chi connectivity index (χ1v) is 6.38. The predicted octanol–water partition coefficient (Wildman–Crippen LogP) is -0.313. The molecule has 0 saturated carbocycles. The van der Waals surface area contributed by atoms with Gasteiger partial charge in [-0.05, 0) is 19.8 Å². The van der Waals surface area contributed by atoms with Gasteiger partial charge in [0.2, 0.25) is 0 Å². The molecule has 0 aromatic carbocycles. The van der Waals surface area contributed by atoms with E-state index in [9.17, 15) is 8.42 Å². The second-order valence-corrected chi connectivity index (χ2v) is 5.37. The smallest absolute Gasteiger partial charge is 0.279 e. The second kappa shape index (κ2) is 5.06. The van der Waals surface area contributed by atoms with Gasteiger partial charge in [-0.15, -0.1) is 0 Å². The van der Waals surface area contributed by atoms with Crippen LogP contribution >= 0.6 is 0 Å². The SMILES string of the molecule is C[C@@H](CO)NS(=O)(=O)N1CCCCC1. The van der Waals surface area contributed by atoms with Crippen LogP contribution in [0.5, 0.6) is 0 Å². The largest absolute Gasteiger partial charge is 0.395 e. The Balaban J connectivity index is 2.54. The van der Waals surface area contributed by atoms with Crippen molar-refractivity contribution >= 4 is 10.2 Å². The van der Waals surface area contributed by atoms with Crippen molar-refractivity contribution in [2.75, 3.05) is 19.7 Å². The van der Waals surface area contributed by atoms with Crippen LogP contribution in [0.25, 0.3) is 0 Å². The van der Waals surface area contributed by atoms with E-state index in [4.69, 9.17) is 5.11 Å². The minimum absolute atomic E-state index is 0.174. The zero-order valence-electron chi connectivity index (χ0n) is 8.44. The Kier molecular flexibility index (Phi) is 4.31. The van der Waals surface area contributed by atoms with Gasteiger partial charge in [0.25, 0.3) is 10.2 Å². The lowest BCUT2D eigenvalue weighted by molar-refractivity contribution is 0.260. The molecule has 5 nitrogen and oxygen atoms in total. The third kappa shape index (κ3) is 3.20. The Bertz CT molecular complexity index is 260. The van der Waals surface area contributed by atoms with E-state index in [0.29, 0.717) is 13.1 Å². The van der Waals surface area contributed by atoms with Crippen LogP contribution in [-0.2, 0) is 10.2 Å². The standard InChI is InChI=1S/C8H18N2O3S/c1-8(7-11)9-14(12,13)10-5-3-2-4-6-10/h8-9,11H,2-7H2,1H3/t8-/m0/s1. The van der Waals surface area contributed by atoms with Gasteiger partial charge >= 0.3 is 0 Å². The molecule has 84 valence electrons. The quantitative estimate of drug-likeness (QED) is 0.685. The summed E-state index contributed by atoms with van der Waals surface area (Å²) in [6.07, 6.45) is 2.95. The first-order chi connectivity index (χ1) is 6.56. The predicted molar refractivity (Wildman–Crippen MR) is 54.0 cm³/mol. The van der Waals surface area contributed by atoms with Gasteiger partial charge in [0, 0.05) is 19.1 Å². The summed E-state index contributed by atoms with van der Waals surface area (Å²) >= 11 is 0. The van der Waals surface area contributed by atoms with Gasteiger partial charge < -0.3 is 5.11 Å². The minimum Gasteiger partial charge on any atom is -0.395 e. The molecule has 0 amide bonds. The fourth-order valence-corrected chi connectivity index (χ4v) is 2.94. The highest BCUT2D eigenvalue weighted by Gasteiger charge is 2.24. The molecule has 1 saturated heterocycles. The highest BCUT2D eigenvalue weighted by molar-refractivity contribution is 7.87. The molecule has 6 heteroatoms. The molecule has 0 aliphatic carbocycles. The molecule has 1 fully saturated rings. The van der Waals surface area contributed by atoms with E-state index in [1.807, 2.05) is 0 Å². The van der Waals surface area contributed by atoms with Gasteiger partial charge in [0.1, 0.15) is 0 Å². The summed E-state index contributed by atoms with van der Waals surface area (Å²) in [5.41, 5.74) is 0. The lowest BCUT2D eigenvalue weighted by Gasteiger charge is -2.27. The van der Waals surface area contributed by atoms with Crippen LogP contribution in [0.1, 0.15) is 26.2 Å². The summed E-state index contributed by atoms with van der Waals surface area (Å²) in [5, 5.41) is 8.75. The number of rotatable bonds is 4. The minimum atomic E-state index is -3.37. The molecular weight excluding hydrogens is 204 g/mol. The summed E-state index contributed by atoms with van der Waals surface area (Å²) in [6.45, 7) is 2.65. The third-order valence-corrected chi connectivity index (χ3v) is 4.02. The van der Waals surface area contributed by atoms with Crippen LogP contribution in [0.3, 0.4) is 0 Å². The molecule has 0 aromatic heterocycles. The van der Waals surface area contributed by atoms with Crippen molar-refractivity contribution in [2.45, 2.75) is 32.2 Å². The number of hydrogen-bond donors (Lipinski definition) is 2.